The normalized spacial score (nSPS) is 21.1. The summed E-state index contributed by atoms with van der Waals surface area (Å²) in [4.78, 5) is 11.5. The molecule has 3 N–H and O–H groups in total. The fourth-order valence-corrected chi connectivity index (χ4v) is 1.76. The van der Waals surface area contributed by atoms with Crippen LogP contribution in [0.25, 0.3) is 0 Å². The third-order valence-electron chi connectivity index (χ3n) is 2.60. The van der Waals surface area contributed by atoms with Crippen LogP contribution in [0.5, 0.6) is 0 Å². The molecule has 0 spiro atoms. The second-order valence-electron chi connectivity index (χ2n) is 3.78. The highest BCUT2D eigenvalue weighted by Crippen LogP contribution is 2.16. The van der Waals surface area contributed by atoms with E-state index in [1.54, 1.807) is 6.07 Å². The van der Waals surface area contributed by atoms with E-state index in [4.69, 9.17) is 5.73 Å². The van der Waals surface area contributed by atoms with E-state index in [0.29, 0.717) is 12.2 Å². The Labute approximate surface area is 88.1 Å². The van der Waals surface area contributed by atoms with Crippen molar-refractivity contribution in [1.82, 2.24) is 15.5 Å². The number of hydrogen-bond donors (Lipinski definition) is 2. The number of nitrogen functional groups attached to an aromatic ring is 1. The predicted molar refractivity (Wildman–Crippen MR) is 55.9 cm³/mol. The molecule has 1 unspecified atom stereocenters. The monoisotopic (exact) mass is 206 g/mol. The lowest BCUT2D eigenvalue weighted by Gasteiger charge is -2.21. The third-order valence-corrected chi connectivity index (χ3v) is 2.60. The van der Waals surface area contributed by atoms with Crippen molar-refractivity contribution in [2.24, 2.45) is 5.92 Å². The second-order valence-corrected chi connectivity index (χ2v) is 3.78. The minimum atomic E-state index is 0.0386. The van der Waals surface area contributed by atoms with E-state index in [1.165, 1.54) is 0 Å². The number of anilines is 1. The number of rotatable bonds is 2. The number of amides is 1. The highest BCUT2D eigenvalue weighted by atomic mass is 16.1. The molecule has 0 bridgehead atoms. The highest BCUT2D eigenvalue weighted by molar-refractivity contribution is 5.79. The lowest BCUT2D eigenvalue weighted by molar-refractivity contribution is -0.126. The van der Waals surface area contributed by atoms with E-state index < -0.39 is 0 Å². The Morgan fingerprint density at radius 2 is 2.33 bits per heavy atom. The zero-order chi connectivity index (χ0) is 10.7. The van der Waals surface area contributed by atoms with Crippen LogP contribution in [-0.4, -0.2) is 22.6 Å². The first-order valence-electron chi connectivity index (χ1n) is 5.11. The molecule has 80 valence electrons. The van der Waals surface area contributed by atoms with Gasteiger partial charge < -0.3 is 11.1 Å². The summed E-state index contributed by atoms with van der Waals surface area (Å²) in [5.41, 5.74) is 6.26. The summed E-state index contributed by atoms with van der Waals surface area (Å²) in [5.74, 6) is 0.573. The SMILES string of the molecule is Nc1ccc(CC2CCCNC2=O)nn1. The molecule has 1 amide bonds. The highest BCUT2D eigenvalue weighted by Gasteiger charge is 2.22. The van der Waals surface area contributed by atoms with Crippen LogP contribution < -0.4 is 11.1 Å². The number of nitrogens with one attached hydrogen (secondary N) is 1. The quantitative estimate of drug-likeness (QED) is 0.720. The number of aromatic nitrogens is 2. The maximum atomic E-state index is 11.5. The van der Waals surface area contributed by atoms with Crippen molar-refractivity contribution in [3.63, 3.8) is 0 Å². The Hall–Kier alpha value is -1.65. The van der Waals surface area contributed by atoms with Crippen molar-refractivity contribution in [2.75, 3.05) is 12.3 Å². The summed E-state index contributed by atoms with van der Waals surface area (Å²) >= 11 is 0. The van der Waals surface area contributed by atoms with Gasteiger partial charge in [-0.1, -0.05) is 0 Å². The topological polar surface area (TPSA) is 80.9 Å². The van der Waals surface area contributed by atoms with Gasteiger partial charge in [-0.2, -0.15) is 5.10 Å². The minimum absolute atomic E-state index is 0.0386. The fraction of sp³-hybridized carbons (Fsp3) is 0.500. The molecule has 1 aromatic heterocycles. The molecule has 0 aliphatic carbocycles. The smallest absolute Gasteiger partial charge is 0.223 e. The van der Waals surface area contributed by atoms with Crippen molar-refractivity contribution in [1.29, 1.82) is 0 Å². The standard InChI is InChI=1S/C10H14N4O/c11-9-4-3-8(13-14-9)6-7-2-1-5-12-10(7)15/h3-4,7H,1-2,5-6H2,(H2,11,14)(H,12,15). The van der Waals surface area contributed by atoms with E-state index in [9.17, 15) is 4.79 Å². The van der Waals surface area contributed by atoms with Gasteiger partial charge in [-0.3, -0.25) is 4.79 Å². The van der Waals surface area contributed by atoms with Crippen LogP contribution in [0.3, 0.4) is 0 Å². The summed E-state index contributed by atoms with van der Waals surface area (Å²) in [5, 5.41) is 10.6. The van der Waals surface area contributed by atoms with Gasteiger partial charge >= 0.3 is 0 Å². The molecule has 15 heavy (non-hydrogen) atoms. The average molecular weight is 206 g/mol. The Kier molecular flexibility index (Phi) is 2.80. The van der Waals surface area contributed by atoms with Crippen molar-refractivity contribution < 1.29 is 4.79 Å². The molecule has 5 nitrogen and oxygen atoms in total. The van der Waals surface area contributed by atoms with E-state index in [2.05, 4.69) is 15.5 Å². The van der Waals surface area contributed by atoms with Crippen LogP contribution in [0, 0.1) is 5.92 Å². The molecule has 1 fully saturated rings. The van der Waals surface area contributed by atoms with Gasteiger partial charge in [0.25, 0.3) is 0 Å². The summed E-state index contributed by atoms with van der Waals surface area (Å²) in [6, 6.07) is 3.54. The number of piperidine rings is 1. The molecule has 2 heterocycles. The molecule has 1 saturated heterocycles. The number of carbonyl (C=O) groups excluding carboxylic acids is 1. The van der Waals surface area contributed by atoms with Crippen LogP contribution in [0.2, 0.25) is 0 Å². The number of nitrogens with zero attached hydrogens (tertiary/aromatic N) is 2. The van der Waals surface area contributed by atoms with Crippen molar-refractivity contribution in [2.45, 2.75) is 19.3 Å². The maximum Gasteiger partial charge on any atom is 0.223 e. The van der Waals surface area contributed by atoms with Gasteiger partial charge in [0.15, 0.2) is 0 Å². The fourth-order valence-electron chi connectivity index (χ4n) is 1.76. The zero-order valence-electron chi connectivity index (χ0n) is 8.44. The van der Waals surface area contributed by atoms with E-state index >= 15 is 0 Å². The molecule has 0 saturated carbocycles. The van der Waals surface area contributed by atoms with Crippen molar-refractivity contribution in [3.05, 3.63) is 17.8 Å². The number of nitrogens with two attached hydrogens (primary N) is 1. The number of carbonyl (C=O) groups is 1. The first kappa shape index (κ1) is 9.89. The lowest BCUT2D eigenvalue weighted by Crippen LogP contribution is -2.37. The summed E-state index contributed by atoms with van der Waals surface area (Å²) in [6.45, 7) is 0.794. The molecular formula is C10H14N4O. The largest absolute Gasteiger partial charge is 0.382 e. The molecule has 1 aromatic rings. The van der Waals surface area contributed by atoms with Gasteiger partial charge in [0.1, 0.15) is 5.82 Å². The molecule has 1 aliphatic rings. The van der Waals surface area contributed by atoms with Gasteiger partial charge in [-0.05, 0) is 25.0 Å². The Bertz CT molecular complexity index is 349. The van der Waals surface area contributed by atoms with E-state index in [1.807, 2.05) is 6.07 Å². The Morgan fingerprint density at radius 3 is 3.00 bits per heavy atom. The van der Waals surface area contributed by atoms with Crippen LogP contribution in [0.1, 0.15) is 18.5 Å². The molecule has 1 aliphatic heterocycles. The van der Waals surface area contributed by atoms with Crippen LogP contribution >= 0.6 is 0 Å². The predicted octanol–water partition coefficient (Wildman–Crippen LogP) is 0.127. The molecule has 0 radical (unpaired) electrons. The molecule has 1 atom stereocenters. The third kappa shape index (κ3) is 2.43. The Morgan fingerprint density at radius 1 is 1.47 bits per heavy atom. The second kappa shape index (κ2) is 4.25. The van der Waals surface area contributed by atoms with Gasteiger partial charge in [0.05, 0.1) is 5.69 Å². The van der Waals surface area contributed by atoms with E-state index in [-0.39, 0.29) is 11.8 Å². The molecular weight excluding hydrogens is 192 g/mol. The molecule has 2 rings (SSSR count). The summed E-state index contributed by atoms with van der Waals surface area (Å²) in [6.07, 6.45) is 2.62. The van der Waals surface area contributed by atoms with Gasteiger partial charge in [-0.15, -0.1) is 5.10 Å². The van der Waals surface area contributed by atoms with E-state index in [0.717, 1.165) is 25.1 Å². The van der Waals surface area contributed by atoms with Crippen molar-refractivity contribution >= 4 is 11.7 Å². The van der Waals surface area contributed by atoms with Gasteiger partial charge in [-0.25, -0.2) is 0 Å². The maximum absolute atomic E-state index is 11.5. The summed E-state index contributed by atoms with van der Waals surface area (Å²) < 4.78 is 0. The minimum Gasteiger partial charge on any atom is -0.382 e. The molecule has 5 heteroatoms. The van der Waals surface area contributed by atoms with Crippen LogP contribution in [0.4, 0.5) is 5.82 Å². The lowest BCUT2D eigenvalue weighted by atomic mass is 9.94. The first-order chi connectivity index (χ1) is 7.25. The van der Waals surface area contributed by atoms with Gasteiger partial charge in [0.2, 0.25) is 5.91 Å². The number of hydrogen-bond acceptors (Lipinski definition) is 4. The summed E-state index contributed by atoms with van der Waals surface area (Å²) in [7, 11) is 0. The average Bonchev–Trinajstić information content (AvgIpc) is 2.25. The van der Waals surface area contributed by atoms with Gasteiger partial charge in [0, 0.05) is 18.9 Å². The Balaban J connectivity index is 2.01. The van der Waals surface area contributed by atoms with Crippen LogP contribution in [-0.2, 0) is 11.2 Å². The first-order valence-corrected chi connectivity index (χ1v) is 5.11. The van der Waals surface area contributed by atoms with Crippen LogP contribution in [0.15, 0.2) is 12.1 Å². The zero-order valence-corrected chi connectivity index (χ0v) is 8.44. The van der Waals surface area contributed by atoms with Crippen molar-refractivity contribution in [3.8, 4) is 0 Å². The molecule has 0 aromatic carbocycles.